The van der Waals surface area contributed by atoms with Crippen LogP contribution in [0.1, 0.15) is 51.2 Å². The Balaban J connectivity index is 2.00. The van der Waals surface area contributed by atoms with Gasteiger partial charge in [-0.3, -0.25) is 0 Å². The Labute approximate surface area is 108 Å². The van der Waals surface area contributed by atoms with Gasteiger partial charge in [0.2, 0.25) is 0 Å². The van der Waals surface area contributed by atoms with Gasteiger partial charge in [0, 0.05) is 11.6 Å². The van der Waals surface area contributed by atoms with Crippen molar-refractivity contribution in [3.63, 3.8) is 0 Å². The first-order valence-electron chi connectivity index (χ1n) is 6.70. The highest BCUT2D eigenvalue weighted by molar-refractivity contribution is 5.30. The van der Waals surface area contributed by atoms with Crippen molar-refractivity contribution in [2.24, 2.45) is 5.92 Å². The van der Waals surface area contributed by atoms with E-state index in [0.29, 0.717) is 11.3 Å². The lowest BCUT2D eigenvalue weighted by molar-refractivity contribution is 0.134. The van der Waals surface area contributed by atoms with Crippen molar-refractivity contribution in [2.45, 2.75) is 51.7 Å². The molecule has 18 heavy (non-hydrogen) atoms. The van der Waals surface area contributed by atoms with Gasteiger partial charge in [-0.15, -0.1) is 0 Å². The second-order valence-electron chi connectivity index (χ2n) is 5.36. The Kier molecular flexibility index (Phi) is 4.23. The second-order valence-corrected chi connectivity index (χ2v) is 5.36. The minimum Gasteiger partial charge on any atom is -0.490 e. The standard InChI is InChI=1S/C15H21FO2/c1-10-3-5-12(6-4-10)18-13-7-8-14(11(2)17)15(16)9-13/h7-12,17H,3-6H2,1-2H3/t10?,11-,12?/m0/s1. The van der Waals surface area contributed by atoms with Crippen LogP contribution in [-0.2, 0) is 0 Å². The van der Waals surface area contributed by atoms with Crippen molar-refractivity contribution in [3.05, 3.63) is 29.6 Å². The molecule has 2 nitrogen and oxygen atoms in total. The van der Waals surface area contributed by atoms with E-state index < -0.39 is 11.9 Å². The van der Waals surface area contributed by atoms with E-state index in [1.807, 2.05) is 0 Å². The van der Waals surface area contributed by atoms with Crippen LogP contribution in [-0.4, -0.2) is 11.2 Å². The number of aliphatic hydroxyl groups excluding tert-OH is 1. The first-order chi connectivity index (χ1) is 8.56. The van der Waals surface area contributed by atoms with Gasteiger partial charge < -0.3 is 9.84 Å². The van der Waals surface area contributed by atoms with Crippen LogP contribution in [0.2, 0.25) is 0 Å². The van der Waals surface area contributed by atoms with Gasteiger partial charge in [0.25, 0.3) is 0 Å². The summed E-state index contributed by atoms with van der Waals surface area (Å²) in [6, 6.07) is 4.71. The third-order valence-electron chi connectivity index (χ3n) is 3.69. The summed E-state index contributed by atoms with van der Waals surface area (Å²) in [6.07, 6.45) is 3.87. The smallest absolute Gasteiger partial charge is 0.132 e. The van der Waals surface area contributed by atoms with E-state index in [1.165, 1.54) is 18.9 Å². The Morgan fingerprint density at radius 3 is 2.50 bits per heavy atom. The zero-order valence-corrected chi connectivity index (χ0v) is 11.0. The number of ether oxygens (including phenoxy) is 1. The van der Waals surface area contributed by atoms with Gasteiger partial charge in [0.1, 0.15) is 11.6 Å². The molecule has 1 aliphatic rings. The summed E-state index contributed by atoms with van der Waals surface area (Å²) in [7, 11) is 0. The van der Waals surface area contributed by atoms with Crippen molar-refractivity contribution in [3.8, 4) is 5.75 Å². The summed E-state index contributed by atoms with van der Waals surface area (Å²) in [5.74, 6) is 0.947. The average Bonchev–Trinajstić information content (AvgIpc) is 2.32. The zero-order chi connectivity index (χ0) is 13.1. The third-order valence-corrected chi connectivity index (χ3v) is 3.69. The van der Waals surface area contributed by atoms with Crippen LogP contribution in [0.25, 0.3) is 0 Å². The Bertz CT molecular complexity index is 395. The Morgan fingerprint density at radius 2 is 1.94 bits per heavy atom. The SMILES string of the molecule is CC1CCC(Oc2ccc([C@H](C)O)c(F)c2)CC1. The van der Waals surface area contributed by atoms with Crippen molar-refractivity contribution >= 4 is 0 Å². The minimum absolute atomic E-state index is 0.206. The van der Waals surface area contributed by atoms with Crippen molar-refractivity contribution in [1.29, 1.82) is 0 Å². The molecule has 1 atom stereocenters. The number of aliphatic hydroxyl groups is 1. The molecule has 100 valence electrons. The highest BCUT2D eigenvalue weighted by Gasteiger charge is 2.20. The van der Waals surface area contributed by atoms with Crippen LogP contribution in [0, 0.1) is 11.7 Å². The van der Waals surface area contributed by atoms with E-state index in [2.05, 4.69) is 6.92 Å². The maximum Gasteiger partial charge on any atom is 0.132 e. The monoisotopic (exact) mass is 252 g/mol. The molecule has 0 aliphatic heterocycles. The van der Waals surface area contributed by atoms with Gasteiger partial charge in [-0.25, -0.2) is 4.39 Å². The van der Waals surface area contributed by atoms with E-state index in [9.17, 15) is 9.50 Å². The maximum absolute atomic E-state index is 13.7. The first-order valence-corrected chi connectivity index (χ1v) is 6.70. The summed E-state index contributed by atoms with van der Waals surface area (Å²) in [5.41, 5.74) is 0.319. The minimum atomic E-state index is -0.783. The second kappa shape index (κ2) is 5.70. The maximum atomic E-state index is 13.7. The van der Waals surface area contributed by atoms with Crippen LogP contribution in [0.3, 0.4) is 0 Å². The molecule has 1 aromatic rings. The molecule has 0 heterocycles. The van der Waals surface area contributed by atoms with Gasteiger partial charge in [0.15, 0.2) is 0 Å². The normalized spacial score (nSPS) is 25.8. The first kappa shape index (κ1) is 13.3. The summed E-state index contributed by atoms with van der Waals surface area (Å²) in [4.78, 5) is 0. The van der Waals surface area contributed by atoms with E-state index in [4.69, 9.17) is 4.74 Å². The van der Waals surface area contributed by atoms with E-state index in [1.54, 1.807) is 19.1 Å². The van der Waals surface area contributed by atoms with Crippen molar-refractivity contribution in [2.75, 3.05) is 0 Å². The molecule has 3 heteroatoms. The molecule has 0 saturated heterocycles. The molecule has 1 aliphatic carbocycles. The van der Waals surface area contributed by atoms with Gasteiger partial charge in [-0.05, 0) is 50.7 Å². The number of halogens is 1. The summed E-state index contributed by atoms with van der Waals surface area (Å²) < 4.78 is 19.5. The quantitative estimate of drug-likeness (QED) is 0.885. The number of benzene rings is 1. The van der Waals surface area contributed by atoms with Crippen LogP contribution in [0.15, 0.2) is 18.2 Å². The van der Waals surface area contributed by atoms with Gasteiger partial charge in [0.05, 0.1) is 12.2 Å². The summed E-state index contributed by atoms with van der Waals surface area (Å²) in [5, 5.41) is 9.37. The fourth-order valence-corrected chi connectivity index (χ4v) is 2.46. The molecule has 0 amide bonds. The van der Waals surface area contributed by atoms with Crippen LogP contribution >= 0.6 is 0 Å². The highest BCUT2D eigenvalue weighted by Crippen LogP contribution is 2.28. The largest absolute Gasteiger partial charge is 0.490 e. The number of rotatable bonds is 3. The molecule has 1 saturated carbocycles. The highest BCUT2D eigenvalue weighted by atomic mass is 19.1. The van der Waals surface area contributed by atoms with Crippen molar-refractivity contribution in [1.82, 2.24) is 0 Å². The molecule has 0 radical (unpaired) electrons. The van der Waals surface area contributed by atoms with Gasteiger partial charge in [-0.1, -0.05) is 6.92 Å². The fraction of sp³-hybridized carbons (Fsp3) is 0.600. The predicted octanol–water partition coefficient (Wildman–Crippen LogP) is 3.84. The van der Waals surface area contributed by atoms with Crippen LogP contribution in [0.5, 0.6) is 5.75 Å². The molecule has 0 unspecified atom stereocenters. The molecular weight excluding hydrogens is 231 g/mol. The van der Waals surface area contributed by atoms with Gasteiger partial charge in [-0.2, -0.15) is 0 Å². The molecule has 0 aromatic heterocycles. The molecule has 1 N–H and O–H groups in total. The summed E-state index contributed by atoms with van der Waals surface area (Å²) >= 11 is 0. The summed E-state index contributed by atoms with van der Waals surface area (Å²) in [6.45, 7) is 3.81. The van der Waals surface area contributed by atoms with E-state index in [-0.39, 0.29) is 6.10 Å². The Morgan fingerprint density at radius 1 is 1.28 bits per heavy atom. The topological polar surface area (TPSA) is 29.5 Å². The Hall–Kier alpha value is -1.09. The molecular formula is C15H21FO2. The molecule has 0 bridgehead atoms. The number of hydrogen-bond donors (Lipinski definition) is 1. The lowest BCUT2D eigenvalue weighted by atomic mass is 9.89. The average molecular weight is 252 g/mol. The van der Waals surface area contributed by atoms with Crippen LogP contribution < -0.4 is 4.74 Å². The lowest BCUT2D eigenvalue weighted by Gasteiger charge is -2.27. The molecule has 0 spiro atoms. The van der Waals surface area contributed by atoms with E-state index in [0.717, 1.165) is 18.8 Å². The van der Waals surface area contributed by atoms with Crippen molar-refractivity contribution < 1.29 is 14.2 Å². The van der Waals surface area contributed by atoms with Gasteiger partial charge >= 0.3 is 0 Å². The predicted molar refractivity (Wildman–Crippen MR) is 69.1 cm³/mol. The lowest BCUT2D eigenvalue weighted by Crippen LogP contribution is -2.23. The molecule has 1 fully saturated rings. The fourth-order valence-electron chi connectivity index (χ4n) is 2.46. The van der Waals surface area contributed by atoms with E-state index >= 15 is 0 Å². The molecule has 2 rings (SSSR count). The molecule has 1 aromatic carbocycles. The number of hydrogen-bond acceptors (Lipinski definition) is 2. The zero-order valence-electron chi connectivity index (χ0n) is 11.0. The third kappa shape index (κ3) is 3.22. The van der Waals surface area contributed by atoms with Crippen LogP contribution in [0.4, 0.5) is 4.39 Å².